The highest BCUT2D eigenvalue weighted by molar-refractivity contribution is 6.11. The largest absolute Gasteiger partial charge is 0.462 e. The number of ether oxygens (including phenoxy) is 3. The average Bonchev–Trinajstić information content (AvgIpc) is 2.46. The fourth-order valence-electron chi connectivity index (χ4n) is 2.16. The number of carbonyl (C=O) groups is 3. The van der Waals surface area contributed by atoms with E-state index in [4.69, 9.17) is 14.2 Å². The molecule has 0 radical (unpaired) electrons. The maximum Gasteiger partial charge on any atom is 0.340 e. The fourth-order valence-corrected chi connectivity index (χ4v) is 2.16. The third-order valence-corrected chi connectivity index (χ3v) is 3.00. The van der Waals surface area contributed by atoms with Crippen LogP contribution in [0.3, 0.4) is 0 Å². The van der Waals surface area contributed by atoms with Crippen LogP contribution in [-0.4, -0.2) is 42.7 Å². The quantitative estimate of drug-likeness (QED) is 0.585. The zero-order valence-corrected chi connectivity index (χ0v) is 14.0. The first-order valence-electron chi connectivity index (χ1n) is 7.41. The molecule has 0 aliphatic rings. The lowest BCUT2D eigenvalue weighted by Crippen LogP contribution is -2.23. The molecule has 0 N–H and O–H groups in total. The zero-order valence-electron chi connectivity index (χ0n) is 14.0. The molecule has 0 bridgehead atoms. The van der Waals surface area contributed by atoms with Crippen molar-refractivity contribution in [3.63, 3.8) is 0 Å². The molecule has 0 atom stereocenters. The lowest BCUT2D eigenvalue weighted by molar-refractivity contribution is 0.0456. The minimum absolute atomic E-state index is 0.0704. The molecule has 1 heterocycles. The van der Waals surface area contributed by atoms with Crippen LogP contribution in [0.1, 0.15) is 63.2 Å². The van der Waals surface area contributed by atoms with Crippen molar-refractivity contribution in [1.82, 2.24) is 4.98 Å². The normalized spacial score (nSPS) is 10.1. The van der Waals surface area contributed by atoms with Crippen molar-refractivity contribution in [2.75, 3.05) is 19.8 Å². The van der Waals surface area contributed by atoms with E-state index < -0.39 is 17.9 Å². The van der Waals surface area contributed by atoms with E-state index in [1.807, 2.05) is 0 Å². The third kappa shape index (κ3) is 4.06. The summed E-state index contributed by atoms with van der Waals surface area (Å²) in [6.45, 7) is 8.41. The first-order chi connectivity index (χ1) is 10.9. The van der Waals surface area contributed by atoms with Gasteiger partial charge in [-0.3, -0.25) is 4.98 Å². The fraction of sp³-hybridized carbons (Fsp3) is 0.500. The molecule has 0 saturated heterocycles. The van der Waals surface area contributed by atoms with Crippen LogP contribution < -0.4 is 0 Å². The van der Waals surface area contributed by atoms with Gasteiger partial charge in [0.2, 0.25) is 0 Å². The molecule has 0 saturated carbocycles. The Balaban J connectivity index is 3.67. The molecule has 23 heavy (non-hydrogen) atoms. The van der Waals surface area contributed by atoms with Crippen molar-refractivity contribution in [1.29, 1.82) is 0 Å². The van der Waals surface area contributed by atoms with Crippen LogP contribution in [0.15, 0.2) is 0 Å². The summed E-state index contributed by atoms with van der Waals surface area (Å²) in [7, 11) is 0. The summed E-state index contributed by atoms with van der Waals surface area (Å²) >= 11 is 0. The molecule has 0 fully saturated rings. The topological polar surface area (TPSA) is 91.8 Å². The maximum absolute atomic E-state index is 12.3. The second-order valence-electron chi connectivity index (χ2n) is 4.57. The van der Waals surface area contributed by atoms with E-state index in [1.165, 1.54) is 0 Å². The Hall–Kier alpha value is -2.44. The van der Waals surface area contributed by atoms with Gasteiger partial charge in [-0.05, 0) is 34.6 Å². The summed E-state index contributed by atoms with van der Waals surface area (Å²) in [4.78, 5) is 41.0. The van der Waals surface area contributed by atoms with Crippen LogP contribution in [0, 0.1) is 13.8 Å². The second-order valence-corrected chi connectivity index (χ2v) is 4.57. The Morgan fingerprint density at radius 3 is 1.30 bits per heavy atom. The number of nitrogens with zero attached hydrogens (tertiary/aromatic N) is 1. The number of rotatable bonds is 6. The summed E-state index contributed by atoms with van der Waals surface area (Å²) in [5.74, 6) is -2.25. The monoisotopic (exact) mass is 323 g/mol. The highest BCUT2D eigenvalue weighted by Crippen LogP contribution is 2.23. The van der Waals surface area contributed by atoms with E-state index >= 15 is 0 Å². The lowest BCUT2D eigenvalue weighted by atomic mass is 9.98. The van der Waals surface area contributed by atoms with E-state index in [9.17, 15) is 14.4 Å². The van der Waals surface area contributed by atoms with E-state index in [2.05, 4.69) is 4.98 Å². The van der Waals surface area contributed by atoms with Gasteiger partial charge in [0, 0.05) is 0 Å². The van der Waals surface area contributed by atoms with Crippen molar-refractivity contribution in [3.05, 3.63) is 28.1 Å². The van der Waals surface area contributed by atoms with Gasteiger partial charge in [-0.1, -0.05) is 0 Å². The van der Waals surface area contributed by atoms with Crippen molar-refractivity contribution in [2.24, 2.45) is 0 Å². The molecule has 0 spiro atoms. The molecule has 7 nitrogen and oxygen atoms in total. The summed E-state index contributed by atoms with van der Waals surface area (Å²) in [5.41, 5.74) is 0.278. The molecular formula is C16H21NO6. The van der Waals surface area contributed by atoms with E-state index in [1.54, 1.807) is 34.6 Å². The van der Waals surface area contributed by atoms with Crippen molar-refractivity contribution in [3.8, 4) is 0 Å². The highest BCUT2D eigenvalue weighted by atomic mass is 16.5. The first-order valence-corrected chi connectivity index (χ1v) is 7.41. The predicted molar refractivity (Wildman–Crippen MR) is 81.6 cm³/mol. The molecule has 0 unspecified atom stereocenters. The molecule has 0 aliphatic carbocycles. The Bertz CT molecular complexity index is 581. The van der Waals surface area contributed by atoms with Gasteiger partial charge in [-0.25, -0.2) is 14.4 Å². The van der Waals surface area contributed by atoms with Gasteiger partial charge in [0.15, 0.2) is 0 Å². The smallest absolute Gasteiger partial charge is 0.340 e. The summed E-state index contributed by atoms with van der Waals surface area (Å²) in [5, 5.41) is 0. The minimum atomic E-state index is -0.785. The zero-order chi connectivity index (χ0) is 17.6. The van der Waals surface area contributed by atoms with Crippen molar-refractivity contribution >= 4 is 17.9 Å². The number of aromatic nitrogens is 1. The van der Waals surface area contributed by atoms with E-state index in [0.717, 1.165) is 0 Å². The van der Waals surface area contributed by atoms with Gasteiger partial charge in [0.05, 0.1) is 47.9 Å². The van der Waals surface area contributed by atoms with Crippen molar-refractivity contribution < 1.29 is 28.6 Å². The molecule has 0 amide bonds. The minimum Gasteiger partial charge on any atom is -0.462 e. The standard InChI is InChI=1S/C16H21NO6/c1-6-21-14(18)11-9(4)17-10(5)12(15(19)22-7-2)13(11)16(20)23-8-3/h6-8H2,1-5H3. The maximum atomic E-state index is 12.3. The number of esters is 3. The summed E-state index contributed by atoms with van der Waals surface area (Å²) in [6, 6.07) is 0. The predicted octanol–water partition coefficient (Wildman–Crippen LogP) is 2.23. The van der Waals surface area contributed by atoms with Gasteiger partial charge < -0.3 is 14.2 Å². The van der Waals surface area contributed by atoms with E-state index in [-0.39, 0.29) is 47.9 Å². The van der Waals surface area contributed by atoms with Crippen LogP contribution in [0.5, 0.6) is 0 Å². The number of hydrogen-bond acceptors (Lipinski definition) is 7. The number of carbonyl (C=O) groups excluding carboxylic acids is 3. The average molecular weight is 323 g/mol. The van der Waals surface area contributed by atoms with Gasteiger partial charge in [0.25, 0.3) is 0 Å². The lowest BCUT2D eigenvalue weighted by Gasteiger charge is -2.16. The number of hydrogen-bond donors (Lipinski definition) is 0. The summed E-state index contributed by atoms with van der Waals surface area (Å²) < 4.78 is 14.9. The number of aryl methyl sites for hydroxylation is 2. The van der Waals surface area contributed by atoms with Gasteiger partial charge in [0.1, 0.15) is 0 Å². The molecule has 1 aromatic heterocycles. The Kier molecular flexibility index (Phi) is 6.68. The molecule has 0 aromatic carbocycles. The number of pyridine rings is 1. The third-order valence-electron chi connectivity index (χ3n) is 3.00. The van der Waals surface area contributed by atoms with Gasteiger partial charge in [-0.15, -0.1) is 0 Å². The van der Waals surface area contributed by atoms with Crippen LogP contribution in [0.25, 0.3) is 0 Å². The van der Waals surface area contributed by atoms with Crippen molar-refractivity contribution in [2.45, 2.75) is 34.6 Å². The Morgan fingerprint density at radius 2 is 1.00 bits per heavy atom. The molecule has 1 aromatic rings. The Labute approximate surface area is 134 Å². The van der Waals surface area contributed by atoms with E-state index in [0.29, 0.717) is 0 Å². The molecule has 7 heteroatoms. The Morgan fingerprint density at radius 1 is 0.696 bits per heavy atom. The molecule has 1 rings (SSSR count). The first kappa shape index (κ1) is 18.6. The van der Waals surface area contributed by atoms with Crippen LogP contribution in [-0.2, 0) is 14.2 Å². The highest BCUT2D eigenvalue weighted by Gasteiger charge is 2.31. The summed E-state index contributed by atoms with van der Waals surface area (Å²) in [6.07, 6.45) is 0. The van der Waals surface area contributed by atoms with Crippen LogP contribution in [0.2, 0.25) is 0 Å². The second kappa shape index (κ2) is 8.26. The van der Waals surface area contributed by atoms with Crippen LogP contribution >= 0.6 is 0 Å². The van der Waals surface area contributed by atoms with Crippen LogP contribution in [0.4, 0.5) is 0 Å². The molecule has 0 aliphatic heterocycles. The molecular weight excluding hydrogens is 302 g/mol. The van der Waals surface area contributed by atoms with Gasteiger partial charge in [-0.2, -0.15) is 0 Å². The molecule has 126 valence electrons. The SMILES string of the molecule is CCOC(=O)c1c(C)nc(C)c(C(=O)OCC)c1C(=O)OCC. The van der Waals surface area contributed by atoms with Gasteiger partial charge >= 0.3 is 17.9 Å².